The number of aryl methyl sites for hydroxylation is 1. The van der Waals surface area contributed by atoms with Gasteiger partial charge in [-0.3, -0.25) is 0 Å². The number of aromatic nitrogens is 2. The molecule has 0 amide bonds. The summed E-state index contributed by atoms with van der Waals surface area (Å²) in [6.07, 6.45) is 3.15. The summed E-state index contributed by atoms with van der Waals surface area (Å²) in [6.45, 7) is 4.27. The van der Waals surface area contributed by atoms with Gasteiger partial charge in [-0.25, -0.2) is 4.98 Å². The fourth-order valence-electron chi connectivity index (χ4n) is 3.72. The molecule has 1 saturated heterocycles. The summed E-state index contributed by atoms with van der Waals surface area (Å²) in [5.74, 6) is 0.718. The fraction of sp³-hybridized carbons (Fsp3) is 0.350. The van der Waals surface area contributed by atoms with Gasteiger partial charge in [0.15, 0.2) is 0 Å². The van der Waals surface area contributed by atoms with Crippen molar-refractivity contribution in [3.8, 4) is 0 Å². The number of fused-ring (bicyclic) bond motifs is 1. The highest BCUT2D eigenvalue weighted by Crippen LogP contribution is 2.23. The maximum absolute atomic E-state index is 4.44. The van der Waals surface area contributed by atoms with Crippen LogP contribution in [0.1, 0.15) is 12.0 Å². The molecule has 1 N–H and O–H groups in total. The van der Waals surface area contributed by atoms with E-state index in [4.69, 9.17) is 0 Å². The molecule has 24 heavy (non-hydrogen) atoms. The molecule has 1 aliphatic rings. The van der Waals surface area contributed by atoms with Crippen molar-refractivity contribution in [2.24, 2.45) is 13.0 Å². The average molecular weight is 320 g/mol. The standard InChI is InChI=1S/C20H24N4/c1-23-15-22-19-9-5-6-17(20(19)23)13-21-12-16-10-11-24(14-16)18-7-3-2-4-8-18/h2-9,15-16,21H,10-14H2,1H3. The lowest BCUT2D eigenvalue weighted by molar-refractivity contribution is 0.517. The van der Waals surface area contributed by atoms with Gasteiger partial charge in [0, 0.05) is 38.9 Å². The molecule has 0 saturated carbocycles. The lowest BCUT2D eigenvalue weighted by Gasteiger charge is -2.18. The van der Waals surface area contributed by atoms with E-state index in [0.29, 0.717) is 0 Å². The molecular formula is C20H24N4. The molecular weight excluding hydrogens is 296 g/mol. The largest absolute Gasteiger partial charge is 0.371 e. The highest BCUT2D eigenvalue weighted by molar-refractivity contribution is 5.78. The number of hydrogen-bond donors (Lipinski definition) is 1. The van der Waals surface area contributed by atoms with Gasteiger partial charge in [0.05, 0.1) is 17.4 Å². The number of para-hydroxylation sites is 2. The first-order valence-electron chi connectivity index (χ1n) is 8.71. The Morgan fingerprint density at radius 2 is 2.00 bits per heavy atom. The Labute approximate surface area is 143 Å². The Morgan fingerprint density at radius 3 is 2.88 bits per heavy atom. The van der Waals surface area contributed by atoms with E-state index < -0.39 is 0 Å². The van der Waals surface area contributed by atoms with E-state index in [2.05, 4.69) is 75.3 Å². The van der Waals surface area contributed by atoms with Crippen molar-refractivity contribution in [2.75, 3.05) is 24.5 Å². The molecule has 1 unspecified atom stereocenters. The van der Waals surface area contributed by atoms with Crippen molar-refractivity contribution in [1.82, 2.24) is 14.9 Å². The van der Waals surface area contributed by atoms with Gasteiger partial charge < -0.3 is 14.8 Å². The molecule has 3 aromatic rings. The van der Waals surface area contributed by atoms with Crippen LogP contribution in [0.15, 0.2) is 54.9 Å². The summed E-state index contributed by atoms with van der Waals surface area (Å²) >= 11 is 0. The molecule has 4 nitrogen and oxygen atoms in total. The molecule has 0 radical (unpaired) electrons. The van der Waals surface area contributed by atoms with Crippen LogP contribution >= 0.6 is 0 Å². The van der Waals surface area contributed by atoms with E-state index in [1.807, 2.05) is 6.33 Å². The molecule has 4 rings (SSSR count). The van der Waals surface area contributed by atoms with Crippen LogP contribution in [0.5, 0.6) is 0 Å². The molecule has 124 valence electrons. The van der Waals surface area contributed by atoms with Crippen molar-refractivity contribution in [3.63, 3.8) is 0 Å². The third-order valence-corrected chi connectivity index (χ3v) is 4.98. The van der Waals surface area contributed by atoms with Gasteiger partial charge in [0.1, 0.15) is 0 Å². The van der Waals surface area contributed by atoms with Crippen molar-refractivity contribution in [3.05, 3.63) is 60.4 Å². The number of hydrogen-bond acceptors (Lipinski definition) is 3. The molecule has 1 fully saturated rings. The van der Waals surface area contributed by atoms with Crippen LogP contribution in [-0.4, -0.2) is 29.2 Å². The normalized spacial score (nSPS) is 17.7. The summed E-state index contributed by atoms with van der Waals surface area (Å²) < 4.78 is 2.11. The topological polar surface area (TPSA) is 33.1 Å². The summed E-state index contributed by atoms with van der Waals surface area (Å²) in [5, 5.41) is 3.66. The van der Waals surface area contributed by atoms with E-state index in [1.54, 1.807) is 0 Å². The second-order valence-electron chi connectivity index (χ2n) is 6.71. The van der Waals surface area contributed by atoms with Crippen LogP contribution in [0.25, 0.3) is 11.0 Å². The van der Waals surface area contributed by atoms with Crippen LogP contribution in [0.2, 0.25) is 0 Å². The molecule has 1 aromatic heterocycles. The van der Waals surface area contributed by atoms with Crippen molar-refractivity contribution in [1.29, 1.82) is 0 Å². The van der Waals surface area contributed by atoms with Crippen molar-refractivity contribution < 1.29 is 0 Å². The average Bonchev–Trinajstić information content (AvgIpc) is 3.24. The van der Waals surface area contributed by atoms with Gasteiger partial charge in [0.25, 0.3) is 0 Å². The Hall–Kier alpha value is -2.33. The van der Waals surface area contributed by atoms with Crippen LogP contribution in [-0.2, 0) is 13.6 Å². The van der Waals surface area contributed by atoms with Crippen LogP contribution in [0.3, 0.4) is 0 Å². The number of nitrogens with one attached hydrogen (secondary N) is 1. The molecule has 2 heterocycles. The van der Waals surface area contributed by atoms with E-state index in [0.717, 1.165) is 37.6 Å². The number of nitrogens with zero attached hydrogens (tertiary/aromatic N) is 3. The monoisotopic (exact) mass is 320 g/mol. The smallest absolute Gasteiger partial charge is 0.0955 e. The van der Waals surface area contributed by atoms with E-state index in [9.17, 15) is 0 Å². The first kappa shape index (κ1) is 15.2. The second kappa shape index (κ2) is 6.65. The zero-order valence-corrected chi connectivity index (χ0v) is 14.2. The van der Waals surface area contributed by atoms with Crippen LogP contribution in [0, 0.1) is 5.92 Å². The lowest BCUT2D eigenvalue weighted by Crippen LogP contribution is -2.26. The molecule has 0 bridgehead atoms. The number of anilines is 1. The first-order valence-corrected chi connectivity index (χ1v) is 8.71. The van der Waals surface area contributed by atoms with Crippen LogP contribution < -0.4 is 10.2 Å². The first-order chi connectivity index (χ1) is 11.8. The summed E-state index contributed by atoms with van der Waals surface area (Å²) in [6, 6.07) is 17.1. The summed E-state index contributed by atoms with van der Waals surface area (Å²) in [7, 11) is 2.06. The van der Waals surface area contributed by atoms with Crippen molar-refractivity contribution in [2.45, 2.75) is 13.0 Å². The summed E-state index contributed by atoms with van der Waals surface area (Å²) in [5.41, 5.74) is 4.99. The second-order valence-corrected chi connectivity index (χ2v) is 6.71. The Bertz CT molecular complexity index is 809. The van der Waals surface area contributed by atoms with Gasteiger partial charge in [-0.2, -0.15) is 0 Å². The maximum atomic E-state index is 4.44. The third kappa shape index (κ3) is 3.02. The van der Waals surface area contributed by atoms with Gasteiger partial charge >= 0.3 is 0 Å². The molecule has 1 atom stereocenters. The van der Waals surface area contributed by atoms with Gasteiger partial charge in [-0.15, -0.1) is 0 Å². The lowest BCUT2D eigenvalue weighted by atomic mass is 10.1. The van der Waals surface area contributed by atoms with Crippen LogP contribution in [0.4, 0.5) is 5.69 Å². The van der Waals surface area contributed by atoms with Crippen molar-refractivity contribution >= 4 is 16.7 Å². The number of benzene rings is 2. The Morgan fingerprint density at radius 1 is 1.12 bits per heavy atom. The SMILES string of the molecule is Cn1cnc2cccc(CNCC3CCN(c4ccccc4)C3)c21. The van der Waals surface area contributed by atoms with E-state index in [1.165, 1.54) is 23.2 Å². The Kier molecular flexibility index (Phi) is 4.22. The minimum atomic E-state index is 0.718. The molecule has 1 aliphatic heterocycles. The highest BCUT2D eigenvalue weighted by Gasteiger charge is 2.22. The van der Waals surface area contributed by atoms with E-state index in [-0.39, 0.29) is 0 Å². The number of rotatable bonds is 5. The van der Waals surface area contributed by atoms with Gasteiger partial charge in [0.2, 0.25) is 0 Å². The minimum absolute atomic E-state index is 0.718. The predicted octanol–water partition coefficient (Wildman–Crippen LogP) is 3.19. The molecule has 4 heteroatoms. The predicted molar refractivity (Wildman–Crippen MR) is 99.2 cm³/mol. The highest BCUT2D eigenvalue weighted by atomic mass is 15.2. The maximum Gasteiger partial charge on any atom is 0.0955 e. The minimum Gasteiger partial charge on any atom is -0.371 e. The summed E-state index contributed by atoms with van der Waals surface area (Å²) in [4.78, 5) is 6.93. The third-order valence-electron chi connectivity index (χ3n) is 4.98. The molecule has 2 aromatic carbocycles. The molecule has 0 spiro atoms. The van der Waals surface area contributed by atoms with Gasteiger partial charge in [-0.1, -0.05) is 30.3 Å². The zero-order valence-electron chi connectivity index (χ0n) is 14.2. The van der Waals surface area contributed by atoms with Gasteiger partial charge in [-0.05, 0) is 36.1 Å². The fourth-order valence-corrected chi connectivity index (χ4v) is 3.72. The zero-order chi connectivity index (χ0) is 16.4. The molecule has 0 aliphatic carbocycles. The quantitative estimate of drug-likeness (QED) is 0.784. The number of imidazole rings is 1. The Balaban J connectivity index is 1.34. The van der Waals surface area contributed by atoms with E-state index >= 15 is 0 Å².